The number of likely N-dealkylation sites (tertiary alicyclic amines) is 1. The van der Waals surface area contributed by atoms with E-state index in [9.17, 15) is 9.90 Å². The first-order chi connectivity index (χ1) is 13.6. The Morgan fingerprint density at radius 3 is 2.82 bits per heavy atom. The summed E-state index contributed by atoms with van der Waals surface area (Å²) >= 11 is 0. The standard InChI is InChI=1S/C21H26N4O3/c1-28-17-6-2-5-16(13-17)19(27)24-11-3-8-21(14-24)15-25(12-7-18(21)26)20-22-9-4-10-23-20/h2,4-6,9-10,13,18,26H,3,7-8,11-12,14-15H2,1H3/t18-,21+/m1/s1. The molecule has 7 nitrogen and oxygen atoms in total. The molecule has 4 rings (SSSR count). The first-order valence-corrected chi connectivity index (χ1v) is 9.75. The molecule has 7 heteroatoms. The molecular formula is C21H26N4O3. The number of hydrogen-bond donors (Lipinski definition) is 1. The van der Waals surface area contributed by atoms with E-state index in [0.717, 1.165) is 19.4 Å². The van der Waals surface area contributed by atoms with Gasteiger partial charge in [-0.25, -0.2) is 9.97 Å². The molecule has 2 atom stereocenters. The molecule has 0 unspecified atom stereocenters. The van der Waals surface area contributed by atoms with Crippen molar-refractivity contribution in [1.82, 2.24) is 14.9 Å². The Kier molecular flexibility index (Phi) is 5.17. The maximum Gasteiger partial charge on any atom is 0.254 e. The predicted octanol–water partition coefficient (Wildman–Crippen LogP) is 1.98. The van der Waals surface area contributed by atoms with E-state index in [1.807, 2.05) is 23.1 Å². The summed E-state index contributed by atoms with van der Waals surface area (Å²) in [4.78, 5) is 25.8. The fourth-order valence-electron chi connectivity index (χ4n) is 4.45. The van der Waals surface area contributed by atoms with Gasteiger partial charge in [0.25, 0.3) is 5.91 Å². The van der Waals surface area contributed by atoms with Crippen molar-refractivity contribution in [3.8, 4) is 5.75 Å². The highest BCUT2D eigenvalue weighted by atomic mass is 16.5. The summed E-state index contributed by atoms with van der Waals surface area (Å²) < 4.78 is 5.25. The predicted molar refractivity (Wildman–Crippen MR) is 105 cm³/mol. The second-order valence-corrected chi connectivity index (χ2v) is 7.70. The second-order valence-electron chi connectivity index (χ2n) is 7.70. The van der Waals surface area contributed by atoms with E-state index in [0.29, 0.717) is 43.3 Å². The molecule has 1 N–H and O–H groups in total. The molecule has 2 aliphatic rings. The number of anilines is 1. The number of carbonyl (C=O) groups excluding carboxylic acids is 1. The number of ether oxygens (including phenoxy) is 1. The van der Waals surface area contributed by atoms with Crippen LogP contribution in [0, 0.1) is 5.41 Å². The van der Waals surface area contributed by atoms with Crippen LogP contribution in [0.5, 0.6) is 5.75 Å². The molecule has 28 heavy (non-hydrogen) atoms. The zero-order valence-electron chi connectivity index (χ0n) is 16.1. The van der Waals surface area contributed by atoms with Crippen LogP contribution in [-0.2, 0) is 0 Å². The third-order valence-electron chi connectivity index (χ3n) is 5.93. The highest BCUT2D eigenvalue weighted by Crippen LogP contribution is 2.40. The van der Waals surface area contributed by atoms with E-state index < -0.39 is 6.10 Å². The minimum Gasteiger partial charge on any atom is -0.497 e. The van der Waals surface area contributed by atoms with Gasteiger partial charge in [0.05, 0.1) is 13.2 Å². The van der Waals surface area contributed by atoms with E-state index in [1.54, 1.807) is 31.6 Å². The molecular weight excluding hydrogens is 356 g/mol. The lowest BCUT2D eigenvalue weighted by Crippen LogP contribution is -2.60. The maximum absolute atomic E-state index is 13.1. The average molecular weight is 382 g/mol. The van der Waals surface area contributed by atoms with Crippen molar-refractivity contribution in [2.75, 3.05) is 38.2 Å². The van der Waals surface area contributed by atoms with Gasteiger partial charge in [0.2, 0.25) is 5.95 Å². The number of aliphatic hydroxyl groups excluding tert-OH is 1. The van der Waals surface area contributed by atoms with Crippen molar-refractivity contribution in [2.45, 2.75) is 25.4 Å². The Morgan fingerprint density at radius 1 is 1.21 bits per heavy atom. The number of piperidine rings is 2. The fraction of sp³-hybridized carbons (Fsp3) is 0.476. The van der Waals surface area contributed by atoms with Gasteiger partial charge in [-0.05, 0) is 43.5 Å². The van der Waals surface area contributed by atoms with Crippen molar-refractivity contribution in [2.24, 2.45) is 5.41 Å². The van der Waals surface area contributed by atoms with Crippen LogP contribution in [0.4, 0.5) is 5.95 Å². The number of nitrogens with zero attached hydrogens (tertiary/aromatic N) is 4. The highest BCUT2D eigenvalue weighted by molar-refractivity contribution is 5.94. The Hall–Kier alpha value is -2.67. The van der Waals surface area contributed by atoms with Crippen LogP contribution in [0.3, 0.4) is 0 Å². The summed E-state index contributed by atoms with van der Waals surface area (Å²) in [5.74, 6) is 1.34. The Labute approximate surface area is 165 Å². The van der Waals surface area contributed by atoms with E-state index >= 15 is 0 Å². The zero-order valence-corrected chi connectivity index (χ0v) is 16.1. The normalized spacial score (nSPS) is 25.0. The summed E-state index contributed by atoms with van der Waals surface area (Å²) in [7, 11) is 1.60. The molecule has 2 saturated heterocycles. The van der Waals surface area contributed by atoms with Gasteiger partial charge in [0.15, 0.2) is 0 Å². The van der Waals surface area contributed by atoms with Crippen LogP contribution in [0.25, 0.3) is 0 Å². The number of methoxy groups -OCH3 is 1. The van der Waals surface area contributed by atoms with Crippen molar-refractivity contribution >= 4 is 11.9 Å². The number of carbonyl (C=O) groups is 1. The molecule has 1 amide bonds. The van der Waals surface area contributed by atoms with E-state index in [-0.39, 0.29) is 11.3 Å². The molecule has 0 radical (unpaired) electrons. The van der Waals surface area contributed by atoms with Gasteiger partial charge in [0.1, 0.15) is 5.75 Å². The number of aliphatic hydroxyl groups is 1. The number of amides is 1. The van der Waals surface area contributed by atoms with Crippen LogP contribution >= 0.6 is 0 Å². The Balaban J connectivity index is 1.54. The molecule has 148 valence electrons. The summed E-state index contributed by atoms with van der Waals surface area (Å²) in [6.07, 6.45) is 5.45. The molecule has 2 aliphatic heterocycles. The molecule has 0 aliphatic carbocycles. The van der Waals surface area contributed by atoms with Gasteiger partial charge in [-0.1, -0.05) is 6.07 Å². The van der Waals surface area contributed by atoms with Crippen LogP contribution in [0.15, 0.2) is 42.7 Å². The summed E-state index contributed by atoms with van der Waals surface area (Å²) in [5.41, 5.74) is 0.259. The van der Waals surface area contributed by atoms with Gasteiger partial charge in [-0.2, -0.15) is 0 Å². The molecule has 0 bridgehead atoms. The SMILES string of the molecule is COc1cccc(C(=O)N2CCC[C@]3(C2)CN(c2ncccn2)CC[C@H]3O)c1. The molecule has 1 aromatic heterocycles. The average Bonchev–Trinajstić information content (AvgIpc) is 2.76. The van der Waals surface area contributed by atoms with E-state index in [1.165, 1.54) is 0 Å². The third kappa shape index (κ3) is 3.54. The summed E-state index contributed by atoms with van der Waals surface area (Å²) in [6, 6.07) is 9.04. The third-order valence-corrected chi connectivity index (χ3v) is 5.93. The fourth-order valence-corrected chi connectivity index (χ4v) is 4.45. The van der Waals surface area contributed by atoms with Crippen LogP contribution < -0.4 is 9.64 Å². The van der Waals surface area contributed by atoms with Gasteiger partial charge >= 0.3 is 0 Å². The highest BCUT2D eigenvalue weighted by Gasteiger charge is 2.47. The number of rotatable bonds is 3. The summed E-state index contributed by atoms with van der Waals surface area (Å²) in [5, 5.41) is 10.9. The minimum absolute atomic E-state index is 0.0155. The smallest absolute Gasteiger partial charge is 0.254 e. The van der Waals surface area contributed by atoms with Gasteiger partial charge in [-0.15, -0.1) is 0 Å². The first kappa shape index (κ1) is 18.7. The summed E-state index contributed by atoms with van der Waals surface area (Å²) in [6.45, 7) is 2.61. The van der Waals surface area contributed by atoms with Crippen LogP contribution in [0.2, 0.25) is 0 Å². The molecule has 1 spiro atoms. The Morgan fingerprint density at radius 2 is 2.04 bits per heavy atom. The quantitative estimate of drug-likeness (QED) is 0.875. The molecule has 2 aromatic rings. The van der Waals surface area contributed by atoms with Crippen molar-refractivity contribution in [3.63, 3.8) is 0 Å². The molecule has 0 saturated carbocycles. The lowest BCUT2D eigenvalue weighted by atomic mass is 9.71. The second kappa shape index (κ2) is 7.75. The lowest BCUT2D eigenvalue weighted by Gasteiger charge is -2.51. The van der Waals surface area contributed by atoms with Crippen molar-refractivity contribution in [3.05, 3.63) is 48.3 Å². The largest absolute Gasteiger partial charge is 0.497 e. The zero-order chi connectivity index (χ0) is 19.6. The van der Waals surface area contributed by atoms with Crippen molar-refractivity contribution < 1.29 is 14.6 Å². The van der Waals surface area contributed by atoms with Gasteiger partial charge in [0, 0.05) is 49.6 Å². The monoisotopic (exact) mass is 382 g/mol. The van der Waals surface area contributed by atoms with Gasteiger partial charge < -0.3 is 19.6 Å². The first-order valence-electron chi connectivity index (χ1n) is 9.75. The number of aromatic nitrogens is 2. The number of hydrogen-bond acceptors (Lipinski definition) is 6. The lowest BCUT2D eigenvalue weighted by molar-refractivity contribution is -0.0363. The van der Waals surface area contributed by atoms with Crippen LogP contribution in [0.1, 0.15) is 29.6 Å². The minimum atomic E-state index is -0.437. The van der Waals surface area contributed by atoms with Crippen molar-refractivity contribution in [1.29, 1.82) is 0 Å². The van der Waals surface area contributed by atoms with E-state index in [2.05, 4.69) is 14.9 Å². The molecule has 3 heterocycles. The Bertz CT molecular complexity index is 831. The van der Waals surface area contributed by atoms with Gasteiger partial charge in [-0.3, -0.25) is 4.79 Å². The molecule has 2 fully saturated rings. The topological polar surface area (TPSA) is 78.8 Å². The number of benzene rings is 1. The molecule has 1 aromatic carbocycles. The van der Waals surface area contributed by atoms with Crippen LogP contribution in [-0.4, -0.2) is 65.3 Å². The van der Waals surface area contributed by atoms with E-state index in [4.69, 9.17) is 4.74 Å². The maximum atomic E-state index is 13.1.